The molecule has 0 N–H and O–H groups in total. The van der Waals surface area contributed by atoms with Crippen LogP contribution in [0.1, 0.15) is 16.7 Å². The number of carbonyl (C=O) groups is 1. The first-order valence-corrected chi connectivity index (χ1v) is 13.9. The van der Waals surface area contributed by atoms with Crippen LogP contribution in [-0.4, -0.2) is 47.0 Å². The maximum Gasteiger partial charge on any atom is 0.360 e. The van der Waals surface area contributed by atoms with Gasteiger partial charge in [0.15, 0.2) is 0 Å². The molecule has 1 aliphatic rings. The number of carbonyl (C=O) groups excluding carboxylic acids is 1. The van der Waals surface area contributed by atoms with E-state index in [2.05, 4.69) is 10.0 Å². The van der Waals surface area contributed by atoms with Gasteiger partial charge < -0.3 is 23.7 Å². The monoisotopic (exact) mass is 619 g/mol. The van der Waals surface area contributed by atoms with E-state index in [0.29, 0.717) is 6.61 Å². The molecule has 0 amide bonds. The fourth-order valence-electron chi connectivity index (χ4n) is 4.27. The van der Waals surface area contributed by atoms with Crippen molar-refractivity contribution in [3.8, 4) is 0 Å². The van der Waals surface area contributed by atoms with E-state index in [-0.39, 0.29) is 19.8 Å². The van der Waals surface area contributed by atoms with Crippen molar-refractivity contribution in [2.24, 2.45) is 5.11 Å². The average Bonchev–Trinajstić information content (AvgIpc) is 2.98. The third-order valence-electron chi connectivity index (χ3n) is 6.22. The predicted octanol–water partition coefficient (Wildman–Crippen LogP) is 6.69. The van der Waals surface area contributed by atoms with Gasteiger partial charge in [-0.2, -0.15) is 0 Å². The number of benzene rings is 3. The van der Waals surface area contributed by atoms with Gasteiger partial charge in [0.05, 0.1) is 26.4 Å². The molecule has 4 rings (SSSR count). The lowest BCUT2D eigenvalue weighted by molar-refractivity contribution is -0.279. The Bertz CT molecular complexity index is 1280. The normalized spacial score (nSPS) is 22.5. The summed E-state index contributed by atoms with van der Waals surface area (Å²) < 4.78 is 27.8. The van der Waals surface area contributed by atoms with E-state index in [1.54, 1.807) is 0 Å². The van der Waals surface area contributed by atoms with E-state index in [4.69, 9.17) is 58.5 Å². The lowest BCUT2D eigenvalue weighted by Gasteiger charge is -2.44. The highest BCUT2D eigenvalue weighted by atomic mass is 35.6. The molecule has 1 aliphatic heterocycles. The second kappa shape index (κ2) is 15.4. The standard InChI is InChI=1S/C29H28Cl3N3O6/c30-29(31,32)28(36)41-27-24(34-35-33)26(39-18-22-14-8-3-9-15-22)25(38-17-21-12-6-2-7-13-21)23(40-27)19-37-16-20-10-4-1-5-11-20/h1-15,23-27H,16-19H2/t23-,24-,25-,26-,27-/m1/s1. The van der Waals surface area contributed by atoms with Gasteiger partial charge in [0, 0.05) is 4.91 Å². The zero-order chi connectivity index (χ0) is 29.1. The van der Waals surface area contributed by atoms with Crippen molar-refractivity contribution in [2.45, 2.75) is 54.3 Å². The predicted molar refractivity (Wildman–Crippen MR) is 154 cm³/mol. The minimum Gasteiger partial charge on any atom is -0.432 e. The Hall–Kier alpha value is -2.85. The van der Waals surface area contributed by atoms with Gasteiger partial charge in [-0.25, -0.2) is 4.79 Å². The lowest BCUT2D eigenvalue weighted by Crippen LogP contribution is -2.61. The first-order chi connectivity index (χ1) is 19.8. The van der Waals surface area contributed by atoms with E-state index in [0.717, 1.165) is 16.7 Å². The number of nitrogens with zero attached hydrogens (tertiary/aromatic N) is 3. The SMILES string of the molecule is [N-]=[N+]=N[C@H]1[C@@H](OC(=O)C(Cl)(Cl)Cl)O[C@H](COCc2ccccc2)[C@@H](OCc2ccccc2)[C@@H]1OCc1ccccc1. The summed E-state index contributed by atoms with van der Waals surface area (Å²) in [5.74, 6) is -1.19. The lowest BCUT2D eigenvalue weighted by atomic mass is 9.96. The largest absolute Gasteiger partial charge is 0.432 e. The van der Waals surface area contributed by atoms with E-state index in [9.17, 15) is 10.3 Å². The second-order valence-electron chi connectivity index (χ2n) is 9.16. The zero-order valence-corrected chi connectivity index (χ0v) is 24.1. The van der Waals surface area contributed by atoms with Crippen LogP contribution >= 0.6 is 34.8 Å². The molecule has 0 radical (unpaired) electrons. The summed E-state index contributed by atoms with van der Waals surface area (Å²) >= 11 is 17.3. The minimum absolute atomic E-state index is 0.0321. The number of azide groups is 1. The Kier molecular flexibility index (Phi) is 11.7. The molecular weight excluding hydrogens is 593 g/mol. The van der Waals surface area contributed by atoms with Crippen molar-refractivity contribution in [1.29, 1.82) is 0 Å². The van der Waals surface area contributed by atoms with Crippen molar-refractivity contribution >= 4 is 40.8 Å². The molecule has 1 saturated heterocycles. The molecule has 9 nitrogen and oxygen atoms in total. The zero-order valence-electron chi connectivity index (χ0n) is 21.8. The van der Waals surface area contributed by atoms with Gasteiger partial charge in [-0.3, -0.25) is 0 Å². The van der Waals surface area contributed by atoms with Gasteiger partial charge in [0.2, 0.25) is 6.29 Å². The van der Waals surface area contributed by atoms with Crippen LogP contribution in [0, 0.1) is 0 Å². The van der Waals surface area contributed by atoms with Crippen molar-refractivity contribution in [3.05, 3.63) is 118 Å². The summed E-state index contributed by atoms with van der Waals surface area (Å²) in [4.78, 5) is 15.5. The van der Waals surface area contributed by atoms with Crippen molar-refractivity contribution in [1.82, 2.24) is 0 Å². The van der Waals surface area contributed by atoms with E-state index < -0.39 is 40.4 Å². The molecule has 0 spiro atoms. The molecule has 41 heavy (non-hydrogen) atoms. The van der Waals surface area contributed by atoms with Crippen LogP contribution in [0.3, 0.4) is 0 Å². The Morgan fingerprint density at radius 2 is 1.29 bits per heavy atom. The van der Waals surface area contributed by atoms with Crippen LogP contribution in [-0.2, 0) is 48.3 Å². The summed E-state index contributed by atoms with van der Waals surface area (Å²) in [5, 5.41) is 3.86. The Balaban J connectivity index is 1.63. The van der Waals surface area contributed by atoms with E-state index in [1.165, 1.54) is 0 Å². The van der Waals surface area contributed by atoms with Crippen LogP contribution in [0.25, 0.3) is 10.4 Å². The summed E-state index contributed by atoms with van der Waals surface area (Å²) in [5.41, 5.74) is 12.1. The van der Waals surface area contributed by atoms with Crippen LogP contribution in [0.15, 0.2) is 96.1 Å². The van der Waals surface area contributed by atoms with Crippen LogP contribution < -0.4 is 0 Å². The number of alkyl halides is 3. The topological polar surface area (TPSA) is 112 Å². The number of esters is 1. The minimum atomic E-state index is -2.38. The molecule has 0 aliphatic carbocycles. The maximum atomic E-state index is 12.5. The summed E-state index contributed by atoms with van der Waals surface area (Å²) in [7, 11) is 0. The molecule has 3 aromatic rings. The molecule has 1 fully saturated rings. The van der Waals surface area contributed by atoms with E-state index in [1.807, 2.05) is 91.0 Å². The van der Waals surface area contributed by atoms with Gasteiger partial charge in [0.1, 0.15) is 24.4 Å². The molecule has 1 heterocycles. The van der Waals surface area contributed by atoms with Gasteiger partial charge in [-0.15, -0.1) is 0 Å². The smallest absolute Gasteiger partial charge is 0.360 e. The van der Waals surface area contributed by atoms with Crippen molar-refractivity contribution in [3.63, 3.8) is 0 Å². The highest BCUT2D eigenvalue weighted by Crippen LogP contribution is 2.34. The first-order valence-electron chi connectivity index (χ1n) is 12.8. The Morgan fingerprint density at radius 1 is 0.805 bits per heavy atom. The van der Waals surface area contributed by atoms with Crippen LogP contribution in [0.4, 0.5) is 0 Å². The highest BCUT2D eigenvalue weighted by molar-refractivity contribution is 6.75. The number of rotatable bonds is 12. The summed E-state index contributed by atoms with van der Waals surface area (Å²) in [6, 6.07) is 27.4. The Morgan fingerprint density at radius 3 is 1.78 bits per heavy atom. The quantitative estimate of drug-likeness (QED) is 0.0733. The number of hydrogen-bond acceptors (Lipinski definition) is 7. The Labute approximate surface area is 252 Å². The molecular formula is C29H28Cl3N3O6. The molecule has 5 atom stereocenters. The molecule has 0 unspecified atom stereocenters. The van der Waals surface area contributed by atoms with Crippen molar-refractivity contribution < 1.29 is 28.5 Å². The van der Waals surface area contributed by atoms with Crippen LogP contribution in [0.2, 0.25) is 0 Å². The molecule has 0 aromatic heterocycles. The number of halogens is 3. The highest BCUT2D eigenvalue weighted by Gasteiger charge is 2.50. The number of ether oxygens (including phenoxy) is 5. The second-order valence-corrected chi connectivity index (χ2v) is 11.4. The molecule has 0 bridgehead atoms. The van der Waals surface area contributed by atoms with Crippen molar-refractivity contribution in [2.75, 3.05) is 6.61 Å². The fraction of sp³-hybridized carbons (Fsp3) is 0.345. The van der Waals surface area contributed by atoms with Gasteiger partial charge >= 0.3 is 5.97 Å². The first kappa shape index (κ1) is 31.1. The number of hydrogen-bond donors (Lipinski definition) is 0. The third-order valence-corrected chi connectivity index (χ3v) is 6.68. The summed E-state index contributed by atoms with van der Waals surface area (Å²) in [6.45, 7) is 0.679. The van der Waals surface area contributed by atoms with Crippen LogP contribution in [0.5, 0.6) is 0 Å². The van der Waals surface area contributed by atoms with E-state index >= 15 is 0 Å². The molecule has 3 aromatic carbocycles. The molecule has 12 heteroatoms. The summed E-state index contributed by atoms with van der Waals surface area (Å²) in [6.07, 6.45) is -3.99. The van der Waals surface area contributed by atoms with Gasteiger partial charge in [-0.05, 0) is 22.2 Å². The van der Waals surface area contributed by atoms with Gasteiger partial charge in [-0.1, -0.05) is 131 Å². The average molecular weight is 621 g/mol. The van der Waals surface area contributed by atoms with Gasteiger partial charge in [0.25, 0.3) is 3.79 Å². The molecule has 216 valence electrons. The maximum absolute atomic E-state index is 12.5. The fourth-order valence-corrected chi connectivity index (χ4v) is 4.40. The third kappa shape index (κ3) is 9.33. The molecule has 0 saturated carbocycles.